The van der Waals surface area contributed by atoms with E-state index in [2.05, 4.69) is 71.6 Å². The molecular weight excluding hydrogens is 498 g/mol. The van der Waals surface area contributed by atoms with E-state index in [4.69, 9.17) is 9.97 Å². The van der Waals surface area contributed by atoms with Crippen LogP contribution in [0, 0.1) is 0 Å². The zero-order valence-corrected chi connectivity index (χ0v) is 21.7. The number of anilines is 3. The lowest BCUT2D eigenvalue weighted by Gasteiger charge is -2.25. The number of phenolic OH excluding ortho intramolecular Hbond substituents is 1. The molecule has 39 heavy (non-hydrogen) atoms. The molecular formula is C34H23N3OS. The maximum absolute atomic E-state index is 10.5. The Balaban J connectivity index is 1.48. The predicted molar refractivity (Wildman–Crippen MR) is 162 cm³/mol. The SMILES string of the molecule is Oc1ccccc1-c1nc2c(-c3cc(N(c4ccccc4)c4ccccn4)cc4ccccc34)cccc2s1. The number of fused-ring (bicyclic) bond motifs is 2. The van der Waals surface area contributed by atoms with Gasteiger partial charge >= 0.3 is 0 Å². The number of pyridine rings is 1. The summed E-state index contributed by atoms with van der Waals surface area (Å²) in [5.74, 6) is 1.08. The first-order valence-corrected chi connectivity index (χ1v) is 13.6. The zero-order valence-electron chi connectivity index (χ0n) is 20.9. The fourth-order valence-electron chi connectivity index (χ4n) is 5.06. The molecule has 0 atom stereocenters. The van der Waals surface area contributed by atoms with E-state index in [1.54, 1.807) is 17.4 Å². The van der Waals surface area contributed by atoms with Crippen LogP contribution in [0.5, 0.6) is 5.75 Å². The molecule has 0 aliphatic carbocycles. The first-order chi connectivity index (χ1) is 19.3. The molecule has 0 aliphatic rings. The third kappa shape index (κ3) is 4.19. The zero-order chi connectivity index (χ0) is 26.2. The van der Waals surface area contributed by atoms with Gasteiger partial charge in [0.1, 0.15) is 16.6 Å². The van der Waals surface area contributed by atoms with E-state index >= 15 is 0 Å². The molecule has 0 spiro atoms. The molecule has 0 fully saturated rings. The maximum Gasteiger partial charge on any atom is 0.137 e. The normalized spacial score (nSPS) is 11.2. The van der Waals surface area contributed by atoms with Crippen molar-refractivity contribution < 1.29 is 5.11 Å². The van der Waals surface area contributed by atoms with Gasteiger partial charge in [-0.3, -0.25) is 4.90 Å². The molecule has 0 saturated carbocycles. The predicted octanol–water partition coefficient (Wildman–Crippen LogP) is 9.35. The number of aromatic hydroxyl groups is 1. The van der Waals surface area contributed by atoms with Crippen molar-refractivity contribution >= 4 is 49.5 Å². The molecule has 2 aromatic heterocycles. The van der Waals surface area contributed by atoms with Gasteiger partial charge in [0.2, 0.25) is 0 Å². The Bertz CT molecular complexity index is 1890. The van der Waals surface area contributed by atoms with Gasteiger partial charge < -0.3 is 5.11 Å². The number of rotatable bonds is 5. The minimum atomic E-state index is 0.236. The Morgan fingerprint density at radius 2 is 1.38 bits per heavy atom. The molecule has 0 bridgehead atoms. The van der Waals surface area contributed by atoms with Crippen molar-refractivity contribution in [2.75, 3.05) is 4.90 Å². The van der Waals surface area contributed by atoms with Gasteiger partial charge in [0.05, 0.1) is 15.8 Å². The molecule has 0 amide bonds. The molecule has 5 heteroatoms. The van der Waals surface area contributed by atoms with Gasteiger partial charge in [-0.25, -0.2) is 9.97 Å². The van der Waals surface area contributed by atoms with Gasteiger partial charge in [-0.1, -0.05) is 72.8 Å². The highest BCUT2D eigenvalue weighted by Crippen LogP contribution is 2.43. The molecule has 2 heterocycles. The number of benzene rings is 5. The Labute approximate surface area is 230 Å². The Kier molecular flexibility index (Phi) is 5.76. The van der Waals surface area contributed by atoms with Crippen LogP contribution in [-0.4, -0.2) is 15.1 Å². The molecule has 186 valence electrons. The van der Waals surface area contributed by atoms with Gasteiger partial charge in [0.25, 0.3) is 0 Å². The van der Waals surface area contributed by atoms with Crippen LogP contribution in [0.3, 0.4) is 0 Å². The highest BCUT2D eigenvalue weighted by Gasteiger charge is 2.19. The largest absolute Gasteiger partial charge is 0.507 e. The smallest absolute Gasteiger partial charge is 0.137 e. The van der Waals surface area contributed by atoms with Crippen LogP contribution in [0.2, 0.25) is 0 Å². The topological polar surface area (TPSA) is 49.3 Å². The second-order valence-electron chi connectivity index (χ2n) is 9.26. The monoisotopic (exact) mass is 521 g/mol. The van der Waals surface area contributed by atoms with Gasteiger partial charge in [-0.05, 0) is 70.9 Å². The molecule has 5 aromatic carbocycles. The van der Waals surface area contributed by atoms with E-state index in [0.29, 0.717) is 0 Å². The first-order valence-electron chi connectivity index (χ1n) is 12.7. The first kappa shape index (κ1) is 23.1. The van der Waals surface area contributed by atoms with Crippen molar-refractivity contribution in [3.63, 3.8) is 0 Å². The van der Waals surface area contributed by atoms with E-state index in [-0.39, 0.29) is 5.75 Å². The van der Waals surface area contributed by atoms with Crippen molar-refractivity contribution in [1.82, 2.24) is 9.97 Å². The molecule has 0 aliphatic heterocycles. The number of hydrogen-bond donors (Lipinski definition) is 1. The third-order valence-corrected chi connectivity index (χ3v) is 7.90. The minimum Gasteiger partial charge on any atom is -0.507 e. The van der Waals surface area contributed by atoms with E-state index in [0.717, 1.165) is 59.9 Å². The number of nitrogens with zero attached hydrogens (tertiary/aromatic N) is 3. The maximum atomic E-state index is 10.5. The van der Waals surface area contributed by atoms with Gasteiger partial charge in [-0.15, -0.1) is 11.3 Å². The third-order valence-electron chi connectivity index (χ3n) is 6.84. The number of phenols is 1. The Hall–Kier alpha value is -5.00. The van der Waals surface area contributed by atoms with Crippen molar-refractivity contribution in [3.05, 3.63) is 134 Å². The summed E-state index contributed by atoms with van der Waals surface area (Å²) in [5, 5.41) is 13.6. The Morgan fingerprint density at radius 3 is 2.23 bits per heavy atom. The summed E-state index contributed by atoms with van der Waals surface area (Å²) in [4.78, 5) is 11.9. The van der Waals surface area contributed by atoms with Crippen LogP contribution >= 0.6 is 11.3 Å². The molecule has 0 radical (unpaired) electrons. The fourth-order valence-corrected chi connectivity index (χ4v) is 6.09. The van der Waals surface area contributed by atoms with Crippen molar-refractivity contribution in [2.24, 2.45) is 0 Å². The Morgan fingerprint density at radius 1 is 0.615 bits per heavy atom. The summed E-state index contributed by atoms with van der Waals surface area (Å²) in [7, 11) is 0. The highest BCUT2D eigenvalue weighted by molar-refractivity contribution is 7.21. The van der Waals surface area contributed by atoms with E-state index in [1.807, 2.05) is 60.8 Å². The lowest BCUT2D eigenvalue weighted by molar-refractivity contribution is 0.477. The van der Waals surface area contributed by atoms with Crippen LogP contribution in [0.1, 0.15) is 0 Å². The lowest BCUT2D eigenvalue weighted by Crippen LogP contribution is -2.11. The minimum absolute atomic E-state index is 0.236. The molecule has 1 N–H and O–H groups in total. The molecule has 7 aromatic rings. The van der Waals surface area contributed by atoms with Gasteiger partial charge in [0, 0.05) is 23.1 Å². The van der Waals surface area contributed by atoms with E-state index in [1.165, 1.54) is 0 Å². The van der Waals surface area contributed by atoms with Gasteiger partial charge in [-0.2, -0.15) is 0 Å². The number of aromatic nitrogens is 2. The van der Waals surface area contributed by atoms with Gasteiger partial charge in [0.15, 0.2) is 0 Å². The highest BCUT2D eigenvalue weighted by atomic mass is 32.1. The molecule has 7 rings (SSSR count). The quantitative estimate of drug-likeness (QED) is 0.245. The fraction of sp³-hybridized carbons (Fsp3) is 0. The number of thiazole rings is 1. The van der Waals surface area contributed by atoms with Crippen LogP contribution in [-0.2, 0) is 0 Å². The van der Waals surface area contributed by atoms with E-state index < -0.39 is 0 Å². The van der Waals surface area contributed by atoms with Crippen LogP contribution in [0.25, 0.3) is 42.7 Å². The summed E-state index contributed by atoms with van der Waals surface area (Å²) in [5.41, 5.74) is 5.87. The summed E-state index contributed by atoms with van der Waals surface area (Å²) in [6, 6.07) is 42.9. The second-order valence-corrected chi connectivity index (χ2v) is 10.3. The molecule has 0 saturated heterocycles. The van der Waals surface area contributed by atoms with E-state index in [9.17, 15) is 5.11 Å². The lowest BCUT2D eigenvalue weighted by atomic mass is 9.96. The summed E-state index contributed by atoms with van der Waals surface area (Å²) in [6.07, 6.45) is 1.82. The average molecular weight is 522 g/mol. The molecule has 0 unspecified atom stereocenters. The van der Waals surface area contributed by atoms with Crippen molar-refractivity contribution in [3.8, 4) is 27.4 Å². The standard InChI is InChI=1S/C34H23N3OS/c38-30-17-7-6-15-28(30)34-36-33-27(16-10-18-31(33)39-34)29-22-25(21-23-11-4-5-14-26(23)29)37(24-12-2-1-3-13-24)32-19-8-9-20-35-32/h1-22,38H. The van der Waals surface area contributed by atoms with Crippen molar-refractivity contribution in [1.29, 1.82) is 0 Å². The van der Waals surface area contributed by atoms with Crippen molar-refractivity contribution in [2.45, 2.75) is 0 Å². The summed E-state index contributed by atoms with van der Waals surface area (Å²) in [6.45, 7) is 0. The van der Waals surface area contributed by atoms with Crippen LogP contribution < -0.4 is 4.90 Å². The van der Waals surface area contributed by atoms with Crippen LogP contribution in [0.15, 0.2) is 134 Å². The number of para-hydroxylation sites is 3. The van der Waals surface area contributed by atoms with Crippen LogP contribution in [0.4, 0.5) is 17.2 Å². The summed E-state index contributed by atoms with van der Waals surface area (Å²) < 4.78 is 1.07. The average Bonchev–Trinajstić information content (AvgIpc) is 3.43. The molecule has 4 nitrogen and oxygen atoms in total. The summed E-state index contributed by atoms with van der Waals surface area (Å²) >= 11 is 1.59. The number of hydrogen-bond acceptors (Lipinski definition) is 5. The second kappa shape index (κ2) is 9.71.